The highest BCUT2D eigenvalue weighted by Crippen LogP contribution is 2.47. The minimum atomic E-state index is -2.01. The predicted molar refractivity (Wildman–Crippen MR) is 242 cm³/mol. The molecular weight excluding hydrogens is 1000 g/mol. The molecule has 22 heteroatoms. The normalized spacial score (nSPS) is 31.9. The van der Waals surface area contributed by atoms with E-state index in [-0.39, 0.29) is 46.1 Å². The van der Waals surface area contributed by atoms with Gasteiger partial charge >= 0.3 is 6.09 Å². The molecule has 62 heavy (non-hydrogen) atoms. The number of carbonyl (C=O) groups is 3. The summed E-state index contributed by atoms with van der Waals surface area (Å²) in [5.74, 6) is 10.7. The first-order chi connectivity index (χ1) is 29.5. The van der Waals surface area contributed by atoms with Crippen LogP contribution in [-0.2, 0) is 28.6 Å². The average Bonchev–Trinajstić information content (AvgIpc) is 3.23. The number of nitrogens with one attached hydrogen (secondary N) is 2. The Morgan fingerprint density at radius 1 is 1.06 bits per heavy atom. The number of alkyl carbamates (subject to hydrolysis) is 1. The second-order valence-corrected chi connectivity index (χ2v) is 20.6. The van der Waals surface area contributed by atoms with Gasteiger partial charge in [-0.1, -0.05) is 63.1 Å². The van der Waals surface area contributed by atoms with Crippen molar-refractivity contribution in [3.05, 3.63) is 49.8 Å². The third kappa shape index (κ3) is 11.2. The molecule has 338 valence electrons. The zero-order valence-electron chi connectivity index (χ0n) is 34.5. The Morgan fingerprint density at radius 3 is 2.44 bits per heavy atom. The van der Waals surface area contributed by atoms with Crippen LogP contribution in [0.15, 0.2) is 35.1 Å². The van der Waals surface area contributed by atoms with Gasteiger partial charge in [-0.25, -0.2) is 4.79 Å². The Labute approximate surface area is 388 Å². The number of aromatic hydroxyl groups is 1. The fourth-order valence-corrected chi connectivity index (χ4v) is 11.1. The Morgan fingerprint density at radius 2 is 1.77 bits per heavy atom. The molecule has 0 radical (unpaired) electrons. The number of carbonyl (C=O) groups excluding carboxylic acids is 3. The van der Waals surface area contributed by atoms with Crippen LogP contribution in [0, 0.1) is 34.2 Å². The second-order valence-electron chi connectivity index (χ2n) is 14.0. The van der Waals surface area contributed by atoms with Gasteiger partial charge in [0.05, 0.1) is 72.2 Å². The van der Waals surface area contributed by atoms with Crippen molar-refractivity contribution in [3.8, 4) is 40.9 Å². The Hall–Kier alpha value is -2.66. The number of aliphatic hydroxyl groups is 4. The van der Waals surface area contributed by atoms with Crippen LogP contribution >= 0.6 is 65.8 Å². The van der Waals surface area contributed by atoms with Gasteiger partial charge in [0.15, 0.2) is 35.5 Å². The fourth-order valence-electron chi connectivity index (χ4n) is 7.06. The number of phenolic OH excluding ortho intramolecular Hbond substituents is 1. The number of ketones is 1. The number of hydrogen-bond acceptors (Lipinski definition) is 20. The molecule has 7 N–H and O–H groups in total. The summed E-state index contributed by atoms with van der Waals surface area (Å²) < 4.78 is 34.3. The van der Waals surface area contributed by atoms with Crippen LogP contribution < -0.4 is 20.3 Å². The van der Waals surface area contributed by atoms with E-state index in [0.29, 0.717) is 14.9 Å². The molecule has 2 fully saturated rings. The van der Waals surface area contributed by atoms with Gasteiger partial charge in [0.2, 0.25) is 10.9 Å². The largest absolute Gasteiger partial charge is 0.503 e. The highest BCUT2D eigenvalue weighted by molar-refractivity contribution is 14.1. The second kappa shape index (κ2) is 22.5. The number of Topliss-reactive ketones (excluding diaryl/α,β-unsaturated/α-hetero) is 1. The van der Waals surface area contributed by atoms with Crippen LogP contribution in [-0.4, -0.2) is 142 Å². The molecule has 11 atom stereocenters. The summed E-state index contributed by atoms with van der Waals surface area (Å²) in [6, 6.07) is -1.08. The number of rotatable bonds is 14. The number of fused-ring (bicyclic) bond motifs is 2. The lowest BCUT2D eigenvalue weighted by Crippen LogP contribution is -2.63. The van der Waals surface area contributed by atoms with Gasteiger partial charge in [-0.15, -0.1) is 0 Å². The van der Waals surface area contributed by atoms with Gasteiger partial charge in [-0.2, -0.15) is 5.48 Å². The third-order valence-electron chi connectivity index (χ3n) is 10.1. The van der Waals surface area contributed by atoms with Crippen LogP contribution in [0.4, 0.5) is 4.79 Å². The molecule has 17 nitrogen and oxygen atoms in total. The Kier molecular flexibility index (Phi) is 18.3. The number of amides is 1. The van der Waals surface area contributed by atoms with Crippen molar-refractivity contribution >= 4 is 82.8 Å². The van der Waals surface area contributed by atoms with E-state index in [9.17, 15) is 39.9 Å². The molecule has 0 spiro atoms. The lowest BCUT2D eigenvalue weighted by Gasteiger charge is -2.44. The first-order valence-corrected chi connectivity index (χ1v) is 24.9. The van der Waals surface area contributed by atoms with Gasteiger partial charge in [0.1, 0.15) is 18.3 Å². The van der Waals surface area contributed by atoms with Crippen molar-refractivity contribution in [2.75, 3.05) is 33.3 Å². The molecule has 1 aromatic carbocycles. The number of phenols is 1. The number of aliphatic hydroxyl groups excluding tert-OH is 3. The lowest BCUT2D eigenvalue weighted by atomic mass is 9.75. The first-order valence-electron chi connectivity index (χ1n) is 18.8. The molecule has 4 aliphatic rings. The molecule has 2 heterocycles. The molecule has 2 aliphatic heterocycles. The zero-order valence-corrected chi connectivity index (χ0v) is 39.9. The minimum Gasteiger partial charge on any atom is -0.503 e. The summed E-state index contributed by atoms with van der Waals surface area (Å²) in [5, 5.41) is 57.8. The van der Waals surface area contributed by atoms with Crippen molar-refractivity contribution in [3.63, 3.8) is 0 Å². The molecule has 2 bridgehead atoms. The Bertz CT molecular complexity index is 2090. The molecule has 0 aromatic heterocycles. The standard InChI is InChI=1S/C40H47IN2O15S4/c1-18-26(34(52-4)35(53-5)31(46)28(18)41)37(49)61-36-20(3)55-25(16-22(36)44)58-43-29-19(2)56-38(33(48)32(29)47)57-24-12-10-8-9-11-14-40(51)17-23(45)30(42-39(50)54-6)27(24)21(40)13-15-60-62-59-7/h8-9,13,19-20,22,24-25,29,32-33,36,38,43-44,46-48,51H,15-17H2,1-7H3,(H,42,50)/b9-8-,21-13+/t19-,20-,22+,24+,25+,29-,32+,33-,36-,38+,40+/m1/s1. The zero-order chi connectivity index (χ0) is 45.5. The van der Waals surface area contributed by atoms with E-state index < -0.39 is 89.5 Å². The highest BCUT2D eigenvalue weighted by atomic mass is 127. The average molecular weight is 1050 g/mol. The summed E-state index contributed by atoms with van der Waals surface area (Å²) in [6.07, 6.45) is -5.37. The lowest BCUT2D eigenvalue weighted by molar-refractivity contribution is -0.301. The van der Waals surface area contributed by atoms with Crippen molar-refractivity contribution < 1.29 is 73.2 Å². The van der Waals surface area contributed by atoms with Gasteiger partial charge in [0.25, 0.3) is 0 Å². The Balaban J connectivity index is 1.31. The SMILES string of the molecule is COC(=O)NC1=C2/C(=C\CSSSC)[C@](O)(C#C/C=C\C#C[C@@H]2O[C@@H]2O[C@H](C)[C@@H](NO[C@H]3C[C@H](O)[C@H](SC(=O)c4c(C)c(I)c(O)c(OC)c4OC)[C@@H](C)O3)[C@H](O)[C@H]2O)CC1=O. The number of methoxy groups -OCH3 is 3. The fraction of sp³-hybridized carbons (Fsp3) is 0.525. The van der Waals surface area contributed by atoms with Crippen LogP contribution in [0.5, 0.6) is 17.2 Å². The van der Waals surface area contributed by atoms with Crippen molar-refractivity contribution in [2.45, 2.75) is 99.7 Å². The summed E-state index contributed by atoms with van der Waals surface area (Å²) >= 11 is 2.76. The highest BCUT2D eigenvalue weighted by Gasteiger charge is 2.49. The third-order valence-corrected chi connectivity index (χ3v) is 16.5. The summed E-state index contributed by atoms with van der Waals surface area (Å²) in [5.41, 5.74) is 1.19. The number of halogens is 1. The van der Waals surface area contributed by atoms with E-state index in [4.69, 9.17) is 33.3 Å². The maximum absolute atomic E-state index is 13.7. The number of hydroxylamine groups is 1. The summed E-state index contributed by atoms with van der Waals surface area (Å²) in [7, 11) is 8.27. The van der Waals surface area contributed by atoms with Crippen LogP contribution in [0.2, 0.25) is 0 Å². The number of ether oxygens (including phenoxy) is 6. The monoisotopic (exact) mass is 1050 g/mol. The quantitative estimate of drug-likeness (QED) is 0.0465. The molecule has 2 saturated heterocycles. The van der Waals surface area contributed by atoms with Crippen molar-refractivity contribution in [1.82, 2.24) is 10.8 Å². The number of hydrogen-bond donors (Lipinski definition) is 7. The molecule has 0 saturated carbocycles. The van der Waals surface area contributed by atoms with Crippen LogP contribution in [0.3, 0.4) is 0 Å². The smallest absolute Gasteiger partial charge is 0.411 e. The topological polar surface area (TPSA) is 241 Å². The summed E-state index contributed by atoms with van der Waals surface area (Å²) in [4.78, 5) is 45.6. The van der Waals surface area contributed by atoms with E-state index >= 15 is 0 Å². The van der Waals surface area contributed by atoms with Crippen LogP contribution in [0.25, 0.3) is 0 Å². The maximum atomic E-state index is 13.7. The molecule has 1 amide bonds. The van der Waals surface area contributed by atoms with E-state index in [1.54, 1.807) is 26.8 Å². The van der Waals surface area contributed by atoms with E-state index in [1.165, 1.54) is 57.8 Å². The molecule has 1 aromatic rings. The minimum absolute atomic E-state index is 0.00738. The first kappa shape index (κ1) is 50.3. The van der Waals surface area contributed by atoms with Crippen LogP contribution in [0.1, 0.15) is 42.6 Å². The maximum Gasteiger partial charge on any atom is 0.411 e. The van der Waals surface area contributed by atoms with Crippen molar-refractivity contribution in [1.29, 1.82) is 0 Å². The van der Waals surface area contributed by atoms with Crippen molar-refractivity contribution in [2.24, 2.45) is 0 Å². The molecule has 0 unspecified atom stereocenters. The number of thioether (sulfide) groups is 1. The van der Waals surface area contributed by atoms with E-state index in [1.807, 2.05) is 28.8 Å². The predicted octanol–water partition coefficient (Wildman–Crippen LogP) is 3.28. The molecular formula is C40H47IN2O15S4. The van der Waals surface area contributed by atoms with E-state index in [0.717, 1.165) is 18.9 Å². The summed E-state index contributed by atoms with van der Waals surface area (Å²) in [6.45, 7) is 4.91. The number of benzene rings is 1. The van der Waals surface area contributed by atoms with Gasteiger partial charge in [-0.3, -0.25) is 19.7 Å². The molecule has 5 rings (SSSR count). The van der Waals surface area contributed by atoms with Gasteiger partial charge in [-0.05, 0) is 77.2 Å². The van der Waals surface area contributed by atoms with Gasteiger partial charge in [0, 0.05) is 23.3 Å². The van der Waals surface area contributed by atoms with E-state index in [2.05, 4.69) is 34.5 Å². The van der Waals surface area contributed by atoms with Gasteiger partial charge < -0.3 is 54.0 Å². The number of allylic oxidation sites excluding steroid dienone is 3. The molecule has 2 aliphatic carbocycles.